The van der Waals surface area contributed by atoms with E-state index in [0.717, 1.165) is 12.2 Å². The van der Waals surface area contributed by atoms with Gasteiger partial charge in [-0.25, -0.2) is 0 Å². The number of aryl methyl sites for hydroxylation is 2. The largest absolute Gasteiger partial charge is 0.282 e. The van der Waals surface area contributed by atoms with Gasteiger partial charge in [-0.3, -0.25) is 5.10 Å². The van der Waals surface area contributed by atoms with Gasteiger partial charge in [-0.1, -0.05) is 6.92 Å². The monoisotopic (exact) mass is 182 g/mol. The Balaban J connectivity index is 2.32. The lowest BCUT2D eigenvalue weighted by Gasteiger charge is -1.97. The van der Waals surface area contributed by atoms with Gasteiger partial charge in [0, 0.05) is 17.0 Å². The van der Waals surface area contributed by atoms with Crippen molar-refractivity contribution in [2.75, 3.05) is 5.75 Å². The number of nitrogens with zero attached hydrogens (tertiary/aromatic N) is 1. The van der Waals surface area contributed by atoms with Gasteiger partial charge >= 0.3 is 0 Å². The van der Waals surface area contributed by atoms with Crippen LogP contribution in [0.25, 0.3) is 0 Å². The Bertz CT molecular complexity index is 267. The Labute approximate surface area is 77.1 Å². The fourth-order valence-electron chi connectivity index (χ4n) is 1.64. The number of rotatable bonds is 1. The highest BCUT2D eigenvalue weighted by Gasteiger charge is 2.13. The van der Waals surface area contributed by atoms with Crippen molar-refractivity contribution in [2.45, 2.75) is 31.9 Å². The second-order valence-electron chi connectivity index (χ2n) is 3.14. The minimum absolute atomic E-state index is 1.06. The average Bonchev–Trinajstić information content (AvgIpc) is 2.33. The van der Waals surface area contributed by atoms with E-state index in [4.69, 9.17) is 0 Å². The van der Waals surface area contributed by atoms with Gasteiger partial charge in [0.15, 0.2) is 0 Å². The summed E-state index contributed by atoms with van der Waals surface area (Å²) in [5.74, 6) is 2.46. The van der Waals surface area contributed by atoms with Gasteiger partial charge in [-0.2, -0.15) is 16.9 Å². The summed E-state index contributed by atoms with van der Waals surface area (Å²) in [5, 5.41) is 7.47. The zero-order chi connectivity index (χ0) is 8.39. The Morgan fingerprint density at radius 1 is 1.58 bits per heavy atom. The van der Waals surface area contributed by atoms with Gasteiger partial charge in [0.25, 0.3) is 0 Å². The molecular formula is C9H14N2S. The molecule has 1 aliphatic heterocycles. The maximum Gasteiger partial charge on any atom is 0.0662 e. The van der Waals surface area contributed by atoms with Crippen LogP contribution in [0.15, 0.2) is 0 Å². The van der Waals surface area contributed by atoms with Gasteiger partial charge in [0.05, 0.1) is 5.69 Å². The van der Waals surface area contributed by atoms with Crippen molar-refractivity contribution in [2.24, 2.45) is 0 Å². The van der Waals surface area contributed by atoms with Crippen LogP contribution in [0.5, 0.6) is 0 Å². The summed E-state index contributed by atoms with van der Waals surface area (Å²) in [5.41, 5.74) is 4.15. The van der Waals surface area contributed by atoms with E-state index in [1.54, 1.807) is 0 Å². The van der Waals surface area contributed by atoms with E-state index in [1.807, 2.05) is 11.8 Å². The third kappa shape index (κ3) is 1.38. The van der Waals surface area contributed by atoms with Gasteiger partial charge < -0.3 is 0 Å². The van der Waals surface area contributed by atoms with Gasteiger partial charge in [-0.15, -0.1) is 0 Å². The van der Waals surface area contributed by atoms with Crippen LogP contribution in [0.3, 0.4) is 0 Å². The molecule has 0 aromatic carbocycles. The van der Waals surface area contributed by atoms with Crippen LogP contribution in [0.2, 0.25) is 0 Å². The van der Waals surface area contributed by atoms with E-state index < -0.39 is 0 Å². The molecule has 0 atom stereocenters. The smallest absolute Gasteiger partial charge is 0.0662 e. The van der Waals surface area contributed by atoms with Crippen LogP contribution >= 0.6 is 11.8 Å². The van der Waals surface area contributed by atoms with Crippen LogP contribution in [-0.2, 0) is 18.6 Å². The Morgan fingerprint density at radius 3 is 3.33 bits per heavy atom. The molecule has 1 aromatic rings. The topological polar surface area (TPSA) is 28.7 Å². The molecule has 2 rings (SSSR count). The SMILES string of the molecule is CCc1n[nH]c2c1CSCCC2. The lowest BCUT2D eigenvalue weighted by Crippen LogP contribution is -1.89. The summed E-state index contributed by atoms with van der Waals surface area (Å²) >= 11 is 2.03. The minimum atomic E-state index is 1.06. The molecule has 1 N–H and O–H groups in total. The normalized spacial score (nSPS) is 17.1. The highest BCUT2D eigenvalue weighted by atomic mass is 32.2. The molecule has 12 heavy (non-hydrogen) atoms. The molecular weight excluding hydrogens is 168 g/mol. The molecule has 0 spiro atoms. The van der Waals surface area contributed by atoms with Crippen molar-refractivity contribution in [1.82, 2.24) is 10.2 Å². The third-order valence-corrected chi connectivity index (χ3v) is 3.41. The number of fused-ring (bicyclic) bond motifs is 1. The number of hydrogen-bond donors (Lipinski definition) is 1. The van der Waals surface area contributed by atoms with E-state index in [1.165, 1.54) is 35.5 Å². The summed E-state index contributed by atoms with van der Waals surface area (Å²) in [6.07, 6.45) is 3.55. The van der Waals surface area contributed by atoms with E-state index in [2.05, 4.69) is 17.1 Å². The average molecular weight is 182 g/mol. The van der Waals surface area contributed by atoms with Crippen molar-refractivity contribution in [1.29, 1.82) is 0 Å². The molecule has 0 bridgehead atoms. The second-order valence-corrected chi connectivity index (χ2v) is 4.24. The molecule has 0 aliphatic carbocycles. The number of thioether (sulfide) groups is 1. The molecule has 1 aromatic heterocycles. The fraction of sp³-hybridized carbons (Fsp3) is 0.667. The summed E-state index contributed by atoms with van der Waals surface area (Å²) in [7, 11) is 0. The first-order valence-corrected chi connectivity index (χ1v) is 5.70. The Morgan fingerprint density at radius 2 is 2.50 bits per heavy atom. The molecule has 0 saturated heterocycles. The standard InChI is InChI=1S/C9H14N2S/c1-2-8-7-6-12-5-3-4-9(7)11-10-8/h2-6H2,1H3,(H,10,11). The molecule has 0 amide bonds. The summed E-state index contributed by atoms with van der Waals surface area (Å²) in [6.45, 7) is 2.17. The molecule has 66 valence electrons. The van der Waals surface area contributed by atoms with E-state index in [-0.39, 0.29) is 0 Å². The first-order valence-electron chi connectivity index (χ1n) is 4.54. The molecule has 0 fully saturated rings. The molecule has 2 nitrogen and oxygen atoms in total. The summed E-state index contributed by atoms with van der Waals surface area (Å²) < 4.78 is 0. The van der Waals surface area contributed by atoms with Crippen LogP contribution in [0.4, 0.5) is 0 Å². The molecule has 2 heterocycles. The quantitative estimate of drug-likeness (QED) is 0.721. The third-order valence-electron chi connectivity index (χ3n) is 2.34. The zero-order valence-electron chi connectivity index (χ0n) is 7.39. The van der Waals surface area contributed by atoms with E-state index >= 15 is 0 Å². The maximum atomic E-state index is 4.32. The molecule has 0 radical (unpaired) electrons. The summed E-state index contributed by atoms with van der Waals surface area (Å²) in [6, 6.07) is 0. The molecule has 0 unspecified atom stereocenters. The number of aromatic amines is 1. The molecule has 3 heteroatoms. The van der Waals surface area contributed by atoms with E-state index in [0.29, 0.717) is 0 Å². The van der Waals surface area contributed by atoms with E-state index in [9.17, 15) is 0 Å². The van der Waals surface area contributed by atoms with Crippen molar-refractivity contribution in [3.05, 3.63) is 17.0 Å². The highest BCUT2D eigenvalue weighted by Crippen LogP contribution is 2.24. The lowest BCUT2D eigenvalue weighted by molar-refractivity contribution is 0.870. The van der Waals surface area contributed by atoms with Crippen molar-refractivity contribution >= 4 is 11.8 Å². The summed E-state index contributed by atoms with van der Waals surface area (Å²) in [4.78, 5) is 0. The Hall–Kier alpha value is -0.440. The number of aromatic nitrogens is 2. The van der Waals surface area contributed by atoms with Crippen LogP contribution in [0.1, 0.15) is 30.3 Å². The number of H-pyrrole nitrogens is 1. The lowest BCUT2D eigenvalue weighted by atomic mass is 10.1. The van der Waals surface area contributed by atoms with Gasteiger partial charge in [-0.05, 0) is 25.0 Å². The van der Waals surface area contributed by atoms with Gasteiger partial charge in [0.2, 0.25) is 0 Å². The number of nitrogens with one attached hydrogen (secondary N) is 1. The van der Waals surface area contributed by atoms with Crippen molar-refractivity contribution in [3.8, 4) is 0 Å². The second kappa shape index (κ2) is 3.52. The number of hydrogen-bond acceptors (Lipinski definition) is 2. The van der Waals surface area contributed by atoms with Crippen molar-refractivity contribution in [3.63, 3.8) is 0 Å². The Kier molecular flexibility index (Phi) is 2.40. The zero-order valence-corrected chi connectivity index (χ0v) is 8.21. The predicted octanol–water partition coefficient (Wildman–Crippen LogP) is 2.15. The van der Waals surface area contributed by atoms with Crippen LogP contribution in [-0.4, -0.2) is 16.0 Å². The van der Waals surface area contributed by atoms with Gasteiger partial charge in [0.1, 0.15) is 0 Å². The van der Waals surface area contributed by atoms with Crippen LogP contribution in [0, 0.1) is 0 Å². The molecule has 0 saturated carbocycles. The first-order chi connectivity index (χ1) is 5.92. The maximum absolute atomic E-state index is 4.32. The molecule has 1 aliphatic rings. The van der Waals surface area contributed by atoms with Crippen molar-refractivity contribution < 1.29 is 0 Å². The predicted molar refractivity (Wildman–Crippen MR) is 52.4 cm³/mol. The first kappa shape index (κ1) is 8.17. The minimum Gasteiger partial charge on any atom is -0.282 e. The highest BCUT2D eigenvalue weighted by molar-refractivity contribution is 7.98. The van der Waals surface area contributed by atoms with Crippen LogP contribution < -0.4 is 0 Å². The fourth-order valence-corrected chi connectivity index (χ4v) is 2.68.